The number of nitrogens with two attached hydrogens (primary N) is 1. The number of carbonyl (C=O) groups is 3. The number of hydrogen-bond acceptors (Lipinski definition) is 4. The summed E-state index contributed by atoms with van der Waals surface area (Å²) in [7, 11) is 0. The molecule has 6 unspecified atom stereocenters. The van der Waals surface area contributed by atoms with Crippen molar-refractivity contribution in [1.82, 2.24) is 0 Å². The van der Waals surface area contributed by atoms with Crippen molar-refractivity contribution in [2.24, 2.45) is 46.7 Å². The Labute approximate surface area is 206 Å². The molecule has 3 aliphatic rings. The van der Waals surface area contributed by atoms with Crippen LogP contribution in [0.4, 0.5) is 0 Å². The highest BCUT2D eigenvalue weighted by atomic mass is 16.1. The minimum Gasteiger partial charge on any atom is -0.321 e. The second-order valence-electron chi connectivity index (χ2n) is 11.7. The van der Waals surface area contributed by atoms with Crippen LogP contribution in [0.5, 0.6) is 0 Å². The Balaban J connectivity index is 1.75. The van der Waals surface area contributed by atoms with Crippen molar-refractivity contribution in [1.29, 1.82) is 0 Å². The number of rotatable bonds is 14. The third-order valence-corrected chi connectivity index (χ3v) is 9.28. The highest BCUT2D eigenvalue weighted by molar-refractivity contribution is 5.97. The second-order valence-corrected chi connectivity index (χ2v) is 11.7. The third-order valence-electron chi connectivity index (χ3n) is 9.28. The van der Waals surface area contributed by atoms with Gasteiger partial charge in [0.25, 0.3) is 0 Å². The molecule has 0 aromatic carbocycles. The van der Waals surface area contributed by atoms with Crippen LogP contribution in [0, 0.1) is 40.9 Å². The van der Waals surface area contributed by atoms with Crippen molar-refractivity contribution in [2.75, 3.05) is 0 Å². The number of hydrogen-bond donors (Lipinski definition) is 1. The maximum Gasteiger partial charge on any atom is 0.158 e. The van der Waals surface area contributed by atoms with Gasteiger partial charge in [0.05, 0.1) is 6.04 Å². The second kappa shape index (κ2) is 11.3. The molecule has 3 fully saturated rings. The maximum absolute atomic E-state index is 13.8. The molecule has 188 valence electrons. The summed E-state index contributed by atoms with van der Waals surface area (Å²) in [4.78, 5) is 40.1. The van der Waals surface area contributed by atoms with Crippen LogP contribution in [0.1, 0.15) is 84.5 Å². The van der Waals surface area contributed by atoms with Crippen LogP contribution in [0.3, 0.4) is 0 Å². The normalized spacial score (nSPS) is 29.5. The molecule has 0 heterocycles. The molecule has 3 aliphatic carbocycles. The smallest absolute Gasteiger partial charge is 0.158 e. The van der Waals surface area contributed by atoms with Gasteiger partial charge in [-0.05, 0) is 73.2 Å². The summed E-state index contributed by atoms with van der Waals surface area (Å²) in [6.07, 6.45) is 12.5. The summed E-state index contributed by atoms with van der Waals surface area (Å²) >= 11 is 0. The molecule has 4 heteroatoms. The van der Waals surface area contributed by atoms with Crippen LogP contribution in [0.15, 0.2) is 37.5 Å². The van der Waals surface area contributed by atoms with Crippen LogP contribution in [0.2, 0.25) is 0 Å². The quantitative estimate of drug-likeness (QED) is 0.251. The molecule has 3 rings (SSSR count). The molecule has 0 radical (unpaired) electrons. The predicted molar refractivity (Wildman–Crippen MR) is 138 cm³/mol. The predicted octanol–water partition coefficient (Wildman–Crippen LogP) is 6.00. The summed E-state index contributed by atoms with van der Waals surface area (Å²) in [5.41, 5.74) is 7.15. The fourth-order valence-corrected chi connectivity index (χ4v) is 7.03. The van der Waals surface area contributed by atoms with E-state index < -0.39 is 6.04 Å². The first-order chi connectivity index (χ1) is 16.1. The Morgan fingerprint density at radius 2 is 1.71 bits per heavy atom. The van der Waals surface area contributed by atoms with Crippen LogP contribution >= 0.6 is 0 Å². The number of allylic oxidation sites excluding steroid dienone is 3. The van der Waals surface area contributed by atoms with E-state index in [2.05, 4.69) is 33.6 Å². The van der Waals surface area contributed by atoms with E-state index in [4.69, 9.17) is 5.73 Å². The molecule has 0 spiro atoms. The monoisotopic (exact) mass is 467 g/mol. The van der Waals surface area contributed by atoms with E-state index in [-0.39, 0.29) is 58.8 Å². The van der Waals surface area contributed by atoms with Gasteiger partial charge >= 0.3 is 0 Å². The van der Waals surface area contributed by atoms with Gasteiger partial charge in [-0.2, -0.15) is 0 Å². The topological polar surface area (TPSA) is 77.2 Å². The molecule has 3 saturated carbocycles. The van der Waals surface area contributed by atoms with Gasteiger partial charge in [-0.1, -0.05) is 51.8 Å². The van der Waals surface area contributed by atoms with Gasteiger partial charge in [-0.3, -0.25) is 14.4 Å². The minimum absolute atomic E-state index is 0.00441. The van der Waals surface area contributed by atoms with Gasteiger partial charge in [0.1, 0.15) is 5.78 Å². The molecule has 0 aromatic rings. The molecule has 0 aliphatic heterocycles. The number of fused-ring (bicyclic) bond motifs is 1. The van der Waals surface area contributed by atoms with Gasteiger partial charge in [-0.15, -0.1) is 13.2 Å². The van der Waals surface area contributed by atoms with Gasteiger partial charge in [0.15, 0.2) is 11.6 Å². The van der Waals surface area contributed by atoms with Gasteiger partial charge in [0.2, 0.25) is 0 Å². The highest BCUT2D eigenvalue weighted by Crippen LogP contribution is 2.71. The van der Waals surface area contributed by atoms with E-state index in [9.17, 15) is 14.4 Å². The first-order valence-electron chi connectivity index (χ1n) is 13.4. The Morgan fingerprint density at radius 1 is 1.06 bits per heavy atom. The van der Waals surface area contributed by atoms with E-state index in [1.54, 1.807) is 6.08 Å². The van der Waals surface area contributed by atoms with Gasteiger partial charge in [0, 0.05) is 24.7 Å². The van der Waals surface area contributed by atoms with E-state index in [1.165, 1.54) is 6.42 Å². The third kappa shape index (κ3) is 5.53. The van der Waals surface area contributed by atoms with E-state index in [1.807, 2.05) is 6.08 Å². The number of ketones is 3. The van der Waals surface area contributed by atoms with Crippen molar-refractivity contribution in [3.8, 4) is 0 Å². The summed E-state index contributed by atoms with van der Waals surface area (Å²) < 4.78 is 0. The summed E-state index contributed by atoms with van der Waals surface area (Å²) in [6.45, 7) is 16.0. The standard InChI is InChI=1S/C30H45NO3/c1-6-8-13-21(19(3)24(32)16-9-7-2)17-25(33)26-22(18-23-27(26)30(23,4)5)29(34)28(31)20-14-11-10-12-15-20/h6-7,20-23,26-28H,1-3,8-18,31H2,4-5H3. The van der Waals surface area contributed by atoms with E-state index in [0.29, 0.717) is 30.8 Å². The van der Waals surface area contributed by atoms with Crippen LogP contribution in [-0.4, -0.2) is 23.4 Å². The Kier molecular flexibility index (Phi) is 8.89. The molecule has 34 heavy (non-hydrogen) atoms. The molecule has 2 N–H and O–H groups in total. The van der Waals surface area contributed by atoms with Gasteiger partial charge in [-0.25, -0.2) is 0 Å². The molecule has 6 atom stereocenters. The average molecular weight is 468 g/mol. The van der Waals surface area contributed by atoms with Crippen molar-refractivity contribution in [2.45, 2.75) is 90.5 Å². The average Bonchev–Trinajstić information content (AvgIpc) is 3.16. The Bertz CT molecular complexity index is 819. The van der Waals surface area contributed by atoms with Crippen molar-refractivity contribution in [3.05, 3.63) is 37.5 Å². The first-order valence-corrected chi connectivity index (χ1v) is 13.4. The lowest BCUT2D eigenvalue weighted by atomic mass is 9.72. The zero-order valence-corrected chi connectivity index (χ0v) is 21.4. The van der Waals surface area contributed by atoms with Gasteiger partial charge < -0.3 is 5.73 Å². The summed E-state index contributed by atoms with van der Waals surface area (Å²) in [5.74, 6) is 0.411. The summed E-state index contributed by atoms with van der Waals surface area (Å²) in [5, 5.41) is 0. The van der Waals surface area contributed by atoms with Crippen LogP contribution in [-0.2, 0) is 14.4 Å². The maximum atomic E-state index is 13.8. The molecule has 0 amide bonds. The van der Waals surface area contributed by atoms with Crippen LogP contribution in [0.25, 0.3) is 0 Å². The van der Waals surface area contributed by atoms with Crippen LogP contribution < -0.4 is 5.73 Å². The number of carbonyl (C=O) groups excluding carboxylic acids is 3. The highest BCUT2D eigenvalue weighted by Gasteiger charge is 2.69. The summed E-state index contributed by atoms with van der Waals surface area (Å²) in [6, 6.07) is -0.451. The lowest BCUT2D eigenvalue weighted by molar-refractivity contribution is -0.134. The largest absolute Gasteiger partial charge is 0.321 e. The van der Waals surface area contributed by atoms with Crippen molar-refractivity contribution >= 4 is 17.3 Å². The zero-order chi connectivity index (χ0) is 25.0. The SMILES string of the molecule is C=CCCC(=O)C(=C)C(CCC=C)CC(=O)C1C(C(=O)C(N)C2CCCCC2)CC2C1C2(C)C. The molecular weight excluding hydrogens is 422 g/mol. The number of Topliss-reactive ketones (excluding diaryl/α,β-unsaturated/α-hetero) is 3. The fraction of sp³-hybridized carbons (Fsp3) is 0.700. The molecule has 0 bridgehead atoms. The molecular formula is C30H45NO3. The lowest BCUT2D eigenvalue weighted by Crippen LogP contribution is -2.45. The zero-order valence-electron chi connectivity index (χ0n) is 21.4. The lowest BCUT2D eigenvalue weighted by Gasteiger charge is -2.32. The van der Waals surface area contributed by atoms with Crippen molar-refractivity contribution in [3.63, 3.8) is 0 Å². The molecule has 4 nitrogen and oxygen atoms in total. The first kappa shape index (κ1) is 26.8. The van der Waals surface area contributed by atoms with E-state index in [0.717, 1.165) is 38.5 Å². The molecule has 0 aromatic heterocycles. The molecule has 0 saturated heterocycles. The Hall–Kier alpha value is -1.81. The fourth-order valence-electron chi connectivity index (χ4n) is 7.03. The Morgan fingerprint density at radius 3 is 2.32 bits per heavy atom. The van der Waals surface area contributed by atoms with Crippen molar-refractivity contribution < 1.29 is 14.4 Å². The van der Waals surface area contributed by atoms with E-state index >= 15 is 0 Å². The minimum atomic E-state index is -0.451.